The van der Waals surface area contributed by atoms with E-state index in [-0.39, 0.29) is 12.4 Å². The standard InChI is InChI=1S/C7H15NO.ClH/c1-8-5-6-3-7(4-6)9-2;/h6-8H,3-5H2,1-2H3;1H. The number of methoxy groups -OCH3 is 1. The van der Waals surface area contributed by atoms with Crippen molar-refractivity contribution in [2.45, 2.75) is 18.9 Å². The van der Waals surface area contributed by atoms with Gasteiger partial charge in [0, 0.05) is 7.11 Å². The highest BCUT2D eigenvalue weighted by molar-refractivity contribution is 5.85. The van der Waals surface area contributed by atoms with E-state index in [1.807, 2.05) is 7.05 Å². The maximum Gasteiger partial charge on any atom is 0.0577 e. The van der Waals surface area contributed by atoms with Crippen molar-refractivity contribution in [1.29, 1.82) is 0 Å². The average molecular weight is 166 g/mol. The molecule has 0 radical (unpaired) electrons. The molecule has 0 aromatic carbocycles. The first-order valence-electron chi connectivity index (χ1n) is 3.54. The quantitative estimate of drug-likeness (QED) is 0.675. The van der Waals surface area contributed by atoms with E-state index in [0.29, 0.717) is 6.10 Å². The van der Waals surface area contributed by atoms with Crippen LogP contribution in [0.1, 0.15) is 12.8 Å². The van der Waals surface area contributed by atoms with Crippen molar-refractivity contribution >= 4 is 12.4 Å². The first-order valence-corrected chi connectivity index (χ1v) is 3.54. The van der Waals surface area contributed by atoms with E-state index in [2.05, 4.69) is 5.32 Å². The van der Waals surface area contributed by atoms with Crippen LogP contribution in [0.5, 0.6) is 0 Å². The van der Waals surface area contributed by atoms with Gasteiger partial charge in [0.25, 0.3) is 0 Å². The minimum absolute atomic E-state index is 0. The first kappa shape index (κ1) is 10.2. The third-order valence-corrected chi connectivity index (χ3v) is 2.02. The van der Waals surface area contributed by atoms with Crippen molar-refractivity contribution in [1.82, 2.24) is 5.32 Å². The van der Waals surface area contributed by atoms with E-state index in [1.54, 1.807) is 7.11 Å². The molecular formula is C7H16ClNO. The molecule has 0 aliphatic heterocycles. The Kier molecular flexibility index (Phi) is 5.04. The van der Waals surface area contributed by atoms with Crippen LogP contribution in [0.25, 0.3) is 0 Å². The SMILES string of the molecule is CNCC1CC(OC)C1.Cl. The number of halogens is 1. The predicted octanol–water partition coefficient (Wildman–Crippen LogP) is 1.05. The summed E-state index contributed by atoms with van der Waals surface area (Å²) in [7, 11) is 3.79. The smallest absolute Gasteiger partial charge is 0.0577 e. The lowest BCUT2D eigenvalue weighted by Crippen LogP contribution is -2.36. The van der Waals surface area contributed by atoms with Crippen LogP contribution in [0.15, 0.2) is 0 Å². The molecule has 0 heterocycles. The molecule has 1 fully saturated rings. The van der Waals surface area contributed by atoms with E-state index in [1.165, 1.54) is 12.8 Å². The molecule has 0 bridgehead atoms. The summed E-state index contributed by atoms with van der Waals surface area (Å²) in [5.41, 5.74) is 0. The van der Waals surface area contributed by atoms with Crippen LogP contribution in [-0.2, 0) is 4.74 Å². The van der Waals surface area contributed by atoms with Gasteiger partial charge in [0.1, 0.15) is 0 Å². The zero-order valence-electron chi connectivity index (χ0n) is 6.59. The van der Waals surface area contributed by atoms with Gasteiger partial charge in [-0.1, -0.05) is 0 Å². The van der Waals surface area contributed by atoms with Crippen LogP contribution in [-0.4, -0.2) is 26.8 Å². The lowest BCUT2D eigenvalue weighted by atomic mass is 9.82. The molecule has 0 unspecified atom stereocenters. The van der Waals surface area contributed by atoms with Gasteiger partial charge in [-0.2, -0.15) is 0 Å². The molecule has 0 spiro atoms. The van der Waals surface area contributed by atoms with Gasteiger partial charge in [0.05, 0.1) is 6.10 Å². The summed E-state index contributed by atoms with van der Waals surface area (Å²) in [5.74, 6) is 0.875. The molecule has 1 aliphatic rings. The predicted molar refractivity (Wildman–Crippen MR) is 44.7 cm³/mol. The van der Waals surface area contributed by atoms with Crippen LogP contribution in [0.3, 0.4) is 0 Å². The molecule has 0 atom stereocenters. The van der Waals surface area contributed by atoms with Crippen molar-refractivity contribution in [3.8, 4) is 0 Å². The summed E-state index contributed by atoms with van der Waals surface area (Å²) in [6.45, 7) is 1.15. The summed E-state index contributed by atoms with van der Waals surface area (Å²) in [6, 6.07) is 0. The maximum atomic E-state index is 5.13. The van der Waals surface area contributed by atoms with E-state index in [4.69, 9.17) is 4.74 Å². The Balaban J connectivity index is 0.000000810. The third kappa shape index (κ3) is 2.45. The topological polar surface area (TPSA) is 21.3 Å². The molecule has 0 aromatic rings. The number of hydrogen-bond acceptors (Lipinski definition) is 2. The van der Waals surface area contributed by atoms with Gasteiger partial charge in [0.15, 0.2) is 0 Å². The highest BCUT2D eigenvalue weighted by Gasteiger charge is 2.27. The van der Waals surface area contributed by atoms with E-state index >= 15 is 0 Å². The van der Waals surface area contributed by atoms with Crippen LogP contribution >= 0.6 is 12.4 Å². The summed E-state index contributed by atoms with van der Waals surface area (Å²) in [4.78, 5) is 0. The normalized spacial score (nSPS) is 30.6. The Morgan fingerprint density at radius 1 is 1.50 bits per heavy atom. The third-order valence-electron chi connectivity index (χ3n) is 2.02. The second-order valence-corrected chi connectivity index (χ2v) is 2.75. The molecule has 62 valence electrons. The van der Waals surface area contributed by atoms with E-state index < -0.39 is 0 Å². The molecule has 1 rings (SSSR count). The van der Waals surface area contributed by atoms with Gasteiger partial charge < -0.3 is 10.1 Å². The van der Waals surface area contributed by atoms with Gasteiger partial charge in [-0.05, 0) is 32.4 Å². The second kappa shape index (κ2) is 4.94. The zero-order chi connectivity index (χ0) is 6.69. The molecular weight excluding hydrogens is 150 g/mol. The van der Waals surface area contributed by atoms with Crippen LogP contribution in [0.4, 0.5) is 0 Å². The van der Waals surface area contributed by atoms with Gasteiger partial charge in [-0.3, -0.25) is 0 Å². The Morgan fingerprint density at radius 2 is 2.10 bits per heavy atom. The molecule has 1 saturated carbocycles. The number of nitrogens with one attached hydrogen (secondary N) is 1. The second-order valence-electron chi connectivity index (χ2n) is 2.75. The average Bonchev–Trinajstić information content (AvgIpc) is 1.77. The van der Waals surface area contributed by atoms with Crippen molar-refractivity contribution < 1.29 is 4.74 Å². The zero-order valence-corrected chi connectivity index (χ0v) is 7.41. The minimum atomic E-state index is 0. The molecule has 1 aliphatic carbocycles. The molecule has 0 saturated heterocycles. The molecule has 0 amide bonds. The fourth-order valence-electron chi connectivity index (χ4n) is 1.32. The Labute approximate surface area is 68.7 Å². The minimum Gasteiger partial charge on any atom is -0.381 e. The fourth-order valence-corrected chi connectivity index (χ4v) is 1.32. The fraction of sp³-hybridized carbons (Fsp3) is 1.00. The summed E-state index contributed by atoms with van der Waals surface area (Å²) in [6.07, 6.45) is 3.05. The lowest BCUT2D eigenvalue weighted by Gasteiger charge is -2.33. The van der Waals surface area contributed by atoms with Crippen LogP contribution in [0, 0.1) is 5.92 Å². The van der Waals surface area contributed by atoms with Crippen LogP contribution in [0.2, 0.25) is 0 Å². The molecule has 10 heavy (non-hydrogen) atoms. The Morgan fingerprint density at radius 3 is 2.50 bits per heavy atom. The summed E-state index contributed by atoms with van der Waals surface area (Å²) < 4.78 is 5.13. The van der Waals surface area contributed by atoms with Crippen molar-refractivity contribution in [2.75, 3.05) is 20.7 Å². The molecule has 2 nitrogen and oxygen atoms in total. The highest BCUT2D eigenvalue weighted by atomic mass is 35.5. The monoisotopic (exact) mass is 165 g/mol. The Hall–Kier alpha value is 0.210. The Bertz CT molecular complexity index is 83.7. The number of rotatable bonds is 3. The molecule has 0 aromatic heterocycles. The van der Waals surface area contributed by atoms with Crippen LogP contribution < -0.4 is 5.32 Å². The van der Waals surface area contributed by atoms with Crippen molar-refractivity contribution in [2.24, 2.45) is 5.92 Å². The van der Waals surface area contributed by atoms with Gasteiger partial charge in [0.2, 0.25) is 0 Å². The highest BCUT2D eigenvalue weighted by Crippen LogP contribution is 2.28. The lowest BCUT2D eigenvalue weighted by molar-refractivity contribution is 0.00220. The van der Waals surface area contributed by atoms with Crippen molar-refractivity contribution in [3.05, 3.63) is 0 Å². The first-order chi connectivity index (χ1) is 4.36. The summed E-state index contributed by atoms with van der Waals surface area (Å²) >= 11 is 0. The van der Waals surface area contributed by atoms with Gasteiger partial charge >= 0.3 is 0 Å². The maximum absolute atomic E-state index is 5.13. The molecule has 1 N–H and O–H groups in total. The van der Waals surface area contributed by atoms with Gasteiger partial charge in [-0.15, -0.1) is 12.4 Å². The van der Waals surface area contributed by atoms with E-state index in [0.717, 1.165) is 12.5 Å². The van der Waals surface area contributed by atoms with Gasteiger partial charge in [-0.25, -0.2) is 0 Å². The number of hydrogen-bond donors (Lipinski definition) is 1. The van der Waals surface area contributed by atoms with Crippen molar-refractivity contribution in [3.63, 3.8) is 0 Å². The molecule has 3 heteroatoms. The summed E-state index contributed by atoms with van der Waals surface area (Å²) in [5, 5.41) is 3.16. The van der Waals surface area contributed by atoms with E-state index in [9.17, 15) is 0 Å². The number of ether oxygens (including phenoxy) is 1. The largest absolute Gasteiger partial charge is 0.381 e.